The van der Waals surface area contributed by atoms with Crippen LogP contribution in [0.25, 0.3) is 0 Å². The Kier molecular flexibility index (Phi) is 6.78. The molecule has 4 rings (SSSR count). The van der Waals surface area contributed by atoms with Crippen molar-refractivity contribution < 1.29 is 32.3 Å². The van der Waals surface area contributed by atoms with E-state index in [-0.39, 0.29) is 5.91 Å². The van der Waals surface area contributed by atoms with Crippen molar-refractivity contribution in [1.82, 2.24) is 14.8 Å². The fourth-order valence-electron chi connectivity index (χ4n) is 4.18. The van der Waals surface area contributed by atoms with E-state index in [1.54, 1.807) is 6.26 Å². The van der Waals surface area contributed by atoms with Gasteiger partial charge in [-0.3, -0.25) is 9.69 Å². The van der Waals surface area contributed by atoms with Crippen molar-refractivity contribution >= 4 is 11.9 Å². The summed E-state index contributed by atoms with van der Waals surface area (Å²) in [6.07, 6.45) is 5.12. The SMILES string of the molecule is Cn1ccc(C(=O)NC2CCC23CCN(Cc2ccco2)CC3)c1.O=C(O)C(F)(F)F. The number of halogens is 3. The first-order valence-corrected chi connectivity index (χ1v) is 10.1. The highest BCUT2D eigenvalue weighted by molar-refractivity contribution is 5.94. The number of aromatic nitrogens is 1. The third-order valence-electron chi connectivity index (χ3n) is 6.12. The van der Waals surface area contributed by atoms with Gasteiger partial charge < -0.3 is 19.4 Å². The summed E-state index contributed by atoms with van der Waals surface area (Å²) in [5, 5.41) is 10.4. The maximum absolute atomic E-state index is 12.4. The zero-order valence-electron chi connectivity index (χ0n) is 17.2. The summed E-state index contributed by atoms with van der Waals surface area (Å²) in [4.78, 5) is 23.8. The van der Waals surface area contributed by atoms with Gasteiger partial charge in [-0.1, -0.05) is 0 Å². The van der Waals surface area contributed by atoms with Crippen LogP contribution in [0.15, 0.2) is 41.3 Å². The molecular weight excluding hydrogens is 415 g/mol. The van der Waals surface area contributed by atoms with E-state index < -0.39 is 12.1 Å². The van der Waals surface area contributed by atoms with E-state index in [4.69, 9.17) is 14.3 Å². The predicted octanol–water partition coefficient (Wildman–Crippen LogP) is 3.43. The lowest BCUT2D eigenvalue weighted by Crippen LogP contribution is -2.59. The minimum Gasteiger partial charge on any atom is -0.475 e. The zero-order valence-corrected chi connectivity index (χ0v) is 17.2. The summed E-state index contributed by atoms with van der Waals surface area (Å²) in [6.45, 7) is 3.06. The number of aryl methyl sites for hydroxylation is 1. The monoisotopic (exact) mass is 441 g/mol. The molecule has 1 unspecified atom stereocenters. The molecule has 0 radical (unpaired) electrons. The molecule has 31 heavy (non-hydrogen) atoms. The van der Waals surface area contributed by atoms with Crippen LogP contribution in [0.1, 0.15) is 41.8 Å². The van der Waals surface area contributed by atoms with Gasteiger partial charge in [-0.25, -0.2) is 4.79 Å². The van der Waals surface area contributed by atoms with Crippen LogP contribution in [-0.2, 0) is 18.4 Å². The molecule has 1 aliphatic carbocycles. The number of amides is 1. The smallest absolute Gasteiger partial charge is 0.475 e. The third kappa shape index (κ3) is 5.69. The van der Waals surface area contributed by atoms with E-state index >= 15 is 0 Å². The highest BCUT2D eigenvalue weighted by Gasteiger charge is 2.48. The number of hydrogen-bond acceptors (Lipinski definition) is 4. The molecular formula is C21H26F3N3O4. The van der Waals surface area contributed by atoms with Gasteiger partial charge in [0.15, 0.2) is 0 Å². The molecule has 1 saturated carbocycles. The van der Waals surface area contributed by atoms with E-state index in [2.05, 4.69) is 10.2 Å². The van der Waals surface area contributed by atoms with Gasteiger partial charge in [-0.05, 0) is 62.4 Å². The number of carbonyl (C=O) groups excluding carboxylic acids is 1. The van der Waals surface area contributed by atoms with Gasteiger partial charge in [0.2, 0.25) is 0 Å². The molecule has 170 valence electrons. The Morgan fingerprint density at radius 2 is 1.94 bits per heavy atom. The lowest BCUT2D eigenvalue weighted by molar-refractivity contribution is -0.192. The maximum atomic E-state index is 12.4. The van der Waals surface area contributed by atoms with Crippen molar-refractivity contribution in [1.29, 1.82) is 0 Å². The molecule has 1 aliphatic heterocycles. The fourth-order valence-corrected chi connectivity index (χ4v) is 4.18. The summed E-state index contributed by atoms with van der Waals surface area (Å²) < 4.78 is 39.1. The molecule has 1 amide bonds. The number of alkyl halides is 3. The van der Waals surface area contributed by atoms with Gasteiger partial charge in [0.05, 0.1) is 18.4 Å². The minimum atomic E-state index is -5.08. The predicted molar refractivity (Wildman–Crippen MR) is 105 cm³/mol. The number of furan rings is 1. The van der Waals surface area contributed by atoms with Crippen LogP contribution in [0.4, 0.5) is 13.2 Å². The van der Waals surface area contributed by atoms with Gasteiger partial charge in [-0.15, -0.1) is 0 Å². The first-order chi connectivity index (χ1) is 14.6. The summed E-state index contributed by atoms with van der Waals surface area (Å²) in [7, 11) is 1.94. The van der Waals surface area contributed by atoms with Crippen molar-refractivity contribution in [3.63, 3.8) is 0 Å². The molecule has 2 aromatic rings. The topological polar surface area (TPSA) is 87.7 Å². The number of hydrogen-bond donors (Lipinski definition) is 2. The molecule has 10 heteroatoms. The quantitative estimate of drug-likeness (QED) is 0.759. The Morgan fingerprint density at radius 1 is 1.26 bits per heavy atom. The number of nitrogens with zero attached hydrogens (tertiary/aromatic N) is 2. The highest BCUT2D eigenvalue weighted by atomic mass is 19.4. The first kappa shape index (κ1) is 22.9. The molecule has 2 fully saturated rings. The van der Waals surface area contributed by atoms with Crippen molar-refractivity contribution in [3.05, 3.63) is 48.2 Å². The molecule has 7 nitrogen and oxygen atoms in total. The third-order valence-corrected chi connectivity index (χ3v) is 6.12. The Bertz CT molecular complexity index is 884. The summed E-state index contributed by atoms with van der Waals surface area (Å²) in [5.74, 6) is -1.65. The number of nitrogens with one attached hydrogen (secondary N) is 1. The Labute approximate surface area is 177 Å². The Balaban J connectivity index is 0.000000339. The van der Waals surface area contributed by atoms with Crippen LogP contribution in [0.2, 0.25) is 0 Å². The molecule has 2 aliphatic rings. The molecule has 2 aromatic heterocycles. The molecule has 3 heterocycles. The molecule has 0 aromatic carbocycles. The van der Waals surface area contributed by atoms with Gasteiger partial charge in [-0.2, -0.15) is 13.2 Å². The standard InChI is InChI=1S/C19H25N3O2.C2HF3O2/c1-21-9-5-15(13-21)18(23)20-17-4-6-19(17)7-10-22(11-8-19)14-16-3-2-12-24-16;3-2(4,5)1(6)7/h2-3,5,9,12-13,17H,4,6-8,10-11,14H2,1H3,(H,20,23);(H,6,7). The van der Waals surface area contributed by atoms with Crippen LogP contribution in [0, 0.1) is 5.41 Å². The van der Waals surface area contributed by atoms with Crippen LogP contribution in [0.5, 0.6) is 0 Å². The second-order valence-electron chi connectivity index (χ2n) is 8.15. The molecule has 2 N–H and O–H groups in total. The first-order valence-electron chi connectivity index (χ1n) is 10.1. The fraction of sp³-hybridized carbons (Fsp3) is 0.524. The Morgan fingerprint density at radius 3 is 2.39 bits per heavy atom. The summed E-state index contributed by atoms with van der Waals surface area (Å²) >= 11 is 0. The second kappa shape index (κ2) is 9.17. The van der Waals surface area contributed by atoms with Crippen LogP contribution >= 0.6 is 0 Å². The molecule has 0 bridgehead atoms. The van der Waals surface area contributed by atoms with Crippen LogP contribution < -0.4 is 5.32 Å². The van der Waals surface area contributed by atoms with Crippen molar-refractivity contribution in [2.45, 2.75) is 44.4 Å². The number of likely N-dealkylation sites (tertiary alicyclic amines) is 1. The normalized spacial score (nSPS) is 20.5. The van der Waals surface area contributed by atoms with E-state index in [9.17, 15) is 18.0 Å². The molecule has 1 atom stereocenters. The van der Waals surface area contributed by atoms with Gasteiger partial charge >= 0.3 is 12.1 Å². The van der Waals surface area contributed by atoms with Crippen molar-refractivity contribution in [3.8, 4) is 0 Å². The summed E-state index contributed by atoms with van der Waals surface area (Å²) in [6, 6.07) is 6.20. The van der Waals surface area contributed by atoms with E-state index in [1.807, 2.05) is 42.2 Å². The number of carbonyl (C=O) groups is 2. The van der Waals surface area contributed by atoms with Gasteiger partial charge in [0.1, 0.15) is 5.76 Å². The highest BCUT2D eigenvalue weighted by Crippen LogP contribution is 2.49. The maximum Gasteiger partial charge on any atom is 0.490 e. The minimum absolute atomic E-state index is 0.0673. The number of carboxylic acid groups (broad SMARTS) is 1. The number of aliphatic carboxylic acids is 1. The molecule has 1 spiro atoms. The molecule has 1 saturated heterocycles. The lowest BCUT2D eigenvalue weighted by atomic mass is 9.59. The average molecular weight is 441 g/mol. The van der Waals surface area contributed by atoms with Crippen LogP contribution in [0.3, 0.4) is 0 Å². The van der Waals surface area contributed by atoms with Crippen molar-refractivity contribution in [2.75, 3.05) is 13.1 Å². The van der Waals surface area contributed by atoms with Crippen LogP contribution in [-0.4, -0.2) is 51.8 Å². The Hall–Kier alpha value is -2.75. The zero-order chi connectivity index (χ0) is 22.6. The van der Waals surface area contributed by atoms with E-state index in [0.29, 0.717) is 11.5 Å². The number of piperidine rings is 1. The number of carboxylic acids is 1. The van der Waals surface area contributed by atoms with E-state index in [1.165, 1.54) is 6.42 Å². The largest absolute Gasteiger partial charge is 0.490 e. The summed E-state index contributed by atoms with van der Waals surface area (Å²) in [5.41, 5.74) is 1.07. The number of rotatable bonds is 4. The van der Waals surface area contributed by atoms with Gasteiger partial charge in [0.25, 0.3) is 5.91 Å². The lowest BCUT2D eigenvalue weighted by Gasteiger charge is -2.54. The van der Waals surface area contributed by atoms with Crippen molar-refractivity contribution in [2.24, 2.45) is 12.5 Å². The van der Waals surface area contributed by atoms with E-state index in [0.717, 1.165) is 50.2 Å². The second-order valence-corrected chi connectivity index (χ2v) is 8.15. The average Bonchev–Trinajstić information content (AvgIpc) is 3.37. The van der Waals surface area contributed by atoms with Gasteiger partial charge in [0, 0.05) is 25.5 Å².